The Labute approximate surface area is 183 Å². The van der Waals surface area contributed by atoms with Crippen LogP contribution in [0.25, 0.3) is 5.65 Å². The molecule has 0 unspecified atom stereocenters. The van der Waals surface area contributed by atoms with E-state index >= 15 is 0 Å². The highest BCUT2D eigenvalue weighted by Crippen LogP contribution is 2.28. The van der Waals surface area contributed by atoms with Crippen LogP contribution in [0.4, 0.5) is 0 Å². The van der Waals surface area contributed by atoms with Crippen molar-refractivity contribution in [3.8, 4) is 11.5 Å². The van der Waals surface area contributed by atoms with Crippen molar-refractivity contribution >= 4 is 11.6 Å². The molecule has 1 aromatic carbocycles. The number of aryl methyl sites for hydroxylation is 2. The number of rotatable bonds is 6. The number of hydrogen-bond acceptors (Lipinski definition) is 5. The standard InChI is InChI=1S/C24H30N4O3/c1-5-31-21-7-6-19(15-22(21)30-4)24(29)27-12-10-26(11-13-27)16-20-18(3)25-23-14-17(2)8-9-28(20)23/h6-9,14-15H,5,10-13,16H2,1-4H3. The van der Waals surface area contributed by atoms with E-state index in [9.17, 15) is 4.79 Å². The molecule has 2 aromatic heterocycles. The number of imidazole rings is 1. The first-order valence-corrected chi connectivity index (χ1v) is 10.8. The monoisotopic (exact) mass is 422 g/mol. The van der Waals surface area contributed by atoms with Gasteiger partial charge in [0.2, 0.25) is 0 Å². The largest absolute Gasteiger partial charge is 0.493 e. The number of fused-ring (bicyclic) bond motifs is 1. The summed E-state index contributed by atoms with van der Waals surface area (Å²) in [4.78, 5) is 22.0. The minimum absolute atomic E-state index is 0.0301. The quantitative estimate of drug-likeness (QED) is 0.610. The van der Waals surface area contributed by atoms with Gasteiger partial charge in [-0.2, -0.15) is 0 Å². The molecular formula is C24H30N4O3. The number of piperazine rings is 1. The van der Waals surface area contributed by atoms with Gasteiger partial charge in [0, 0.05) is 44.5 Å². The average Bonchev–Trinajstić information content (AvgIpc) is 3.08. The van der Waals surface area contributed by atoms with Gasteiger partial charge in [-0.15, -0.1) is 0 Å². The van der Waals surface area contributed by atoms with Crippen LogP contribution in [0.2, 0.25) is 0 Å². The molecule has 1 amide bonds. The van der Waals surface area contributed by atoms with E-state index in [0.29, 0.717) is 36.8 Å². The van der Waals surface area contributed by atoms with E-state index in [1.54, 1.807) is 19.2 Å². The molecule has 0 bridgehead atoms. The SMILES string of the molecule is CCOc1ccc(C(=O)N2CCN(Cc3c(C)nc4cc(C)ccn34)CC2)cc1OC. The number of nitrogens with zero attached hydrogens (tertiary/aromatic N) is 4. The van der Waals surface area contributed by atoms with Crippen LogP contribution in [0.1, 0.15) is 34.2 Å². The molecule has 0 aliphatic carbocycles. The molecule has 164 valence electrons. The lowest BCUT2D eigenvalue weighted by atomic mass is 10.1. The Bertz CT molecular complexity index is 1080. The van der Waals surface area contributed by atoms with Gasteiger partial charge in [-0.1, -0.05) is 0 Å². The van der Waals surface area contributed by atoms with Crippen molar-refractivity contribution < 1.29 is 14.3 Å². The van der Waals surface area contributed by atoms with Crippen LogP contribution in [0.3, 0.4) is 0 Å². The van der Waals surface area contributed by atoms with E-state index in [0.717, 1.165) is 31.0 Å². The molecule has 0 saturated carbocycles. The molecule has 0 radical (unpaired) electrons. The highest BCUT2D eigenvalue weighted by atomic mass is 16.5. The minimum atomic E-state index is 0.0301. The van der Waals surface area contributed by atoms with Gasteiger partial charge in [-0.05, 0) is 56.7 Å². The second kappa shape index (κ2) is 8.98. The van der Waals surface area contributed by atoms with E-state index in [1.165, 1.54) is 11.3 Å². The third-order valence-electron chi connectivity index (χ3n) is 5.82. The summed E-state index contributed by atoms with van der Waals surface area (Å²) < 4.78 is 13.1. The summed E-state index contributed by atoms with van der Waals surface area (Å²) in [6.45, 7) is 10.5. The van der Waals surface area contributed by atoms with Gasteiger partial charge >= 0.3 is 0 Å². The van der Waals surface area contributed by atoms with Crippen molar-refractivity contribution in [2.45, 2.75) is 27.3 Å². The van der Waals surface area contributed by atoms with Crippen LogP contribution in [0, 0.1) is 13.8 Å². The number of methoxy groups -OCH3 is 1. The van der Waals surface area contributed by atoms with E-state index in [-0.39, 0.29) is 5.91 Å². The Morgan fingerprint density at radius 2 is 1.84 bits per heavy atom. The zero-order valence-corrected chi connectivity index (χ0v) is 18.7. The number of ether oxygens (including phenoxy) is 2. The zero-order chi connectivity index (χ0) is 22.0. The molecule has 0 spiro atoms. The van der Waals surface area contributed by atoms with E-state index in [1.807, 2.05) is 17.9 Å². The fourth-order valence-electron chi connectivity index (χ4n) is 4.08. The predicted octanol–water partition coefficient (Wildman–Crippen LogP) is 3.32. The summed E-state index contributed by atoms with van der Waals surface area (Å²) in [7, 11) is 1.59. The van der Waals surface area contributed by atoms with Gasteiger partial charge in [0.25, 0.3) is 5.91 Å². The third kappa shape index (κ3) is 4.37. The number of aromatic nitrogens is 2. The second-order valence-electron chi connectivity index (χ2n) is 7.94. The van der Waals surface area contributed by atoms with Gasteiger partial charge in [0.05, 0.1) is 25.1 Å². The molecule has 3 aromatic rings. The average molecular weight is 423 g/mol. The lowest BCUT2D eigenvalue weighted by Crippen LogP contribution is -2.48. The fourth-order valence-corrected chi connectivity index (χ4v) is 4.08. The van der Waals surface area contributed by atoms with Crippen LogP contribution in [-0.4, -0.2) is 65.0 Å². The van der Waals surface area contributed by atoms with Crippen molar-refractivity contribution in [1.29, 1.82) is 0 Å². The van der Waals surface area contributed by atoms with Crippen molar-refractivity contribution in [1.82, 2.24) is 19.2 Å². The third-order valence-corrected chi connectivity index (χ3v) is 5.82. The van der Waals surface area contributed by atoms with Gasteiger partial charge in [-0.3, -0.25) is 9.69 Å². The van der Waals surface area contributed by atoms with Gasteiger partial charge in [0.15, 0.2) is 11.5 Å². The molecular weight excluding hydrogens is 392 g/mol. The molecule has 0 N–H and O–H groups in total. The summed E-state index contributed by atoms with van der Waals surface area (Å²) in [5, 5.41) is 0. The first-order chi connectivity index (χ1) is 15.0. The van der Waals surface area contributed by atoms with Crippen LogP contribution < -0.4 is 9.47 Å². The topological polar surface area (TPSA) is 59.3 Å². The van der Waals surface area contributed by atoms with Crippen molar-refractivity contribution in [3.05, 3.63) is 59.0 Å². The number of carbonyl (C=O) groups is 1. The number of carbonyl (C=O) groups excluding carboxylic acids is 1. The first-order valence-electron chi connectivity index (χ1n) is 10.8. The molecule has 1 saturated heterocycles. The number of hydrogen-bond donors (Lipinski definition) is 0. The predicted molar refractivity (Wildman–Crippen MR) is 120 cm³/mol. The Morgan fingerprint density at radius 1 is 1.06 bits per heavy atom. The number of pyridine rings is 1. The molecule has 7 nitrogen and oxygen atoms in total. The minimum Gasteiger partial charge on any atom is -0.493 e. The molecule has 0 atom stereocenters. The normalized spacial score (nSPS) is 14.8. The maximum atomic E-state index is 13.0. The lowest BCUT2D eigenvalue weighted by molar-refractivity contribution is 0.0626. The van der Waals surface area contributed by atoms with Crippen molar-refractivity contribution in [3.63, 3.8) is 0 Å². The fraction of sp³-hybridized carbons (Fsp3) is 0.417. The van der Waals surface area contributed by atoms with Crippen LogP contribution in [0.5, 0.6) is 11.5 Å². The van der Waals surface area contributed by atoms with E-state index in [2.05, 4.69) is 41.5 Å². The van der Waals surface area contributed by atoms with Crippen molar-refractivity contribution in [2.24, 2.45) is 0 Å². The first kappa shape index (κ1) is 21.2. The zero-order valence-electron chi connectivity index (χ0n) is 18.7. The van der Waals surface area contributed by atoms with E-state index in [4.69, 9.17) is 14.5 Å². The Hall–Kier alpha value is -3.06. The Balaban J connectivity index is 1.41. The number of benzene rings is 1. The lowest BCUT2D eigenvalue weighted by Gasteiger charge is -2.34. The molecule has 3 heterocycles. The van der Waals surface area contributed by atoms with Gasteiger partial charge in [-0.25, -0.2) is 4.98 Å². The molecule has 4 rings (SSSR count). The Kier molecular flexibility index (Phi) is 6.13. The summed E-state index contributed by atoms with van der Waals surface area (Å²) in [6, 6.07) is 9.61. The smallest absolute Gasteiger partial charge is 0.254 e. The molecule has 31 heavy (non-hydrogen) atoms. The van der Waals surface area contributed by atoms with Gasteiger partial charge < -0.3 is 18.8 Å². The van der Waals surface area contributed by atoms with Crippen LogP contribution in [0.15, 0.2) is 36.5 Å². The maximum Gasteiger partial charge on any atom is 0.254 e. The van der Waals surface area contributed by atoms with Gasteiger partial charge in [0.1, 0.15) is 5.65 Å². The summed E-state index contributed by atoms with van der Waals surface area (Å²) in [5.74, 6) is 1.28. The second-order valence-corrected chi connectivity index (χ2v) is 7.94. The highest BCUT2D eigenvalue weighted by molar-refractivity contribution is 5.95. The summed E-state index contributed by atoms with van der Waals surface area (Å²) >= 11 is 0. The summed E-state index contributed by atoms with van der Waals surface area (Å²) in [6.07, 6.45) is 2.10. The van der Waals surface area contributed by atoms with Crippen LogP contribution in [-0.2, 0) is 6.54 Å². The maximum absolute atomic E-state index is 13.0. The molecule has 7 heteroatoms. The molecule has 1 aliphatic heterocycles. The molecule has 1 fully saturated rings. The number of amides is 1. The Morgan fingerprint density at radius 3 is 2.55 bits per heavy atom. The summed E-state index contributed by atoms with van der Waals surface area (Å²) in [5.41, 5.74) is 5.10. The highest BCUT2D eigenvalue weighted by Gasteiger charge is 2.24. The van der Waals surface area contributed by atoms with Crippen molar-refractivity contribution in [2.75, 3.05) is 39.9 Å². The molecule has 1 aliphatic rings. The van der Waals surface area contributed by atoms with E-state index < -0.39 is 0 Å². The van der Waals surface area contributed by atoms with Crippen LogP contribution >= 0.6 is 0 Å².